The molecular formula is C5H13O4PS. The summed E-state index contributed by atoms with van der Waals surface area (Å²) in [5, 5.41) is 0. The van der Waals surface area contributed by atoms with E-state index in [1.807, 2.05) is 0 Å². The first-order chi connectivity index (χ1) is 5.18. The summed E-state index contributed by atoms with van der Waals surface area (Å²) in [5.74, 6) is 0.607. The lowest BCUT2D eigenvalue weighted by atomic mass is 10.9. The van der Waals surface area contributed by atoms with Crippen LogP contribution in [0, 0.1) is 0 Å². The molecule has 0 saturated heterocycles. The Morgan fingerprint density at radius 2 is 1.82 bits per heavy atom. The Kier molecular flexibility index (Phi) is 6.28. The zero-order valence-corrected chi connectivity index (χ0v) is 8.61. The second-order valence-corrected chi connectivity index (χ2v) is 6.05. The van der Waals surface area contributed by atoms with Crippen molar-refractivity contribution in [3.63, 3.8) is 0 Å². The van der Waals surface area contributed by atoms with E-state index in [-0.39, 0.29) is 0 Å². The van der Waals surface area contributed by atoms with Gasteiger partial charge in [0.15, 0.2) is 0 Å². The lowest BCUT2D eigenvalue weighted by molar-refractivity contribution is 0.218. The summed E-state index contributed by atoms with van der Waals surface area (Å²) >= 11 is 1.13. The van der Waals surface area contributed by atoms with Crippen LogP contribution in [0.25, 0.3) is 0 Å². The molecule has 0 aromatic carbocycles. The van der Waals surface area contributed by atoms with Gasteiger partial charge in [0, 0.05) is 27.1 Å². The monoisotopic (exact) mass is 200 g/mol. The van der Waals surface area contributed by atoms with E-state index in [9.17, 15) is 4.57 Å². The van der Waals surface area contributed by atoms with E-state index in [1.54, 1.807) is 7.11 Å². The standard InChI is InChI=1S/C5H13O4PS/c1-7-4-5-11-10(6,8-2)9-3/h4-5H2,1-3H3. The van der Waals surface area contributed by atoms with E-state index >= 15 is 0 Å². The van der Waals surface area contributed by atoms with Gasteiger partial charge in [-0.3, -0.25) is 0 Å². The Morgan fingerprint density at radius 1 is 1.27 bits per heavy atom. The summed E-state index contributed by atoms with van der Waals surface area (Å²) in [5.41, 5.74) is 0. The SMILES string of the molecule is COCCSP(=O)(OC)OC. The molecule has 6 heteroatoms. The predicted molar refractivity (Wildman–Crippen MR) is 46.0 cm³/mol. The maximum atomic E-state index is 11.3. The number of rotatable bonds is 6. The Morgan fingerprint density at radius 3 is 2.18 bits per heavy atom. The minimum Gasteiger partial charge on any atom is -0.384 e. The van der Waals surface area contributed by atoms with Crippen LogP contribution in [0.5, 0.6) is 0 Å². The van der Waals surface area contributed by atoms with Crippen LogP contribution in [0.1, 0.15) is 0 Å². The molecule has 0 spiro atoms. The minimum atomic E-state index is -2.87. The molecule has 0 N–H and O–H groups in total. The largest absolute Gasteiger partial charge is 0.388 e. The number of hydrogen-bond donors (Lipinski definition) is 0. The van der Waals surface area contributed by atoms with Crippen molar-refractivity contribution >= 4 is 18.2 Å². The number of methoxy groups -OCH3 is 1. The Hall–Kier alpha value is 0.460. The molecular weight excluding hydrogens is 187 g/mol. The van der Waals surface area contributed by atoms with Crippen molar-refractivity contribution in [2.45, 2.75) is 0 Å². The van der Waals surface area contributed by atoms with E-state index in [0.29, 0.717) is 12.4 Å². The van der Waals surface area contributed by atoms with Crippen molar-refractivity contribution in [1.29, 1.82) is 0 Å². The minimum absolute atomic E-state index is 0.543. The normalized spacial score (nSPS) is 11.9. The van der Waals surface area contributed by atoms with Crippen LogP contribution < -0.4 is 0 Å². The molecule has 0 aliphatic rings. The van der Waals surface area contributed by atoms with Crippen molar-refractivity contribution in [3.05, 3.63) is 0 Å². The highest BCUT2D eigenvalue weighted by atomic mass is 32.7. The van der Waals surface area contributed by atoms with E-state index in [0.717, 1.165) is 11.4 Å². The second-order valence-electron chi connectivity index (χ2n) is 1.64. The smallest absolute Gasteiger partial charge is 0.384 e. The Labute approximate surface area is 70.9 Å². The van der Waals surface area contributed by atoms with Crippen LogP contribution in [0.3, 0.4) is 0 Å². The van der Waals surface area contributed by atoms with Gasteiger partial charge < -0.3 is 13.8 Å². The number of hydrogen-bond acceptors (Lipinski definition) is 5. The third kappa shape index (κ3) is 4.82. The van der Waals surface area contributed by atoms with Crippen LogP contribution >= 0.6 is 18.2 Å². The highest BCUT2D eigenvalue weighted by molar-refractivity contribution is 8.55. The van der Waals surface area contributed by atoms with Crippen LogP contribution in [-0.2, 0) is 18.3 Å². The molecule has 0 aromatic rings. The molecule has 0 saturated carbocycles. The maximum absolute atomic E-state index is 11.3. The average Bonchev–Trinajstić information content (AvgIpc) is 2.05. The van der Waals surface area contributed by atoms with Gasteiger partial charge in [0.1, 0.15) is 0 Å². The Bertz CT molecular complexity index is 132. The van der Waals surface area contributed by atoms with Gasteiger partial charge in [-0.2, -0.15) is 0 Å². The Balaban J connectivity index is 3.61. The molecule has 0 fully saturated rings. The van der Waals surface area contributed by atoms with Gasteiger partial charge in [0.2, 0.25) is 0 Å². The van der Waals surface area contributed by atoms with E-state index in [4.69, 9.17) is 4.74 Å². The van der Waals surface area contributed by atoms with Crippen molar-refractivity contribution < 1.29 is 18.3 Å². The zero-order chi connectivity index (χ0) is 8.74. The van der Waals surface area contributed by atoms with E-state index in [2.05, 4.69) is 9.05 Å². The highest BCUT2D eigenvalue weighted by Gasteiger charge is 2.20. The molecule has 0 aromatic heterocycles. The molecule has 0 bridgehead atoms. The van der Waals surface area contributed by atoms with Gasteiger partial charge in [-0.15, -0.1) is 0 Å². The van der Waals surface area contributed by atoms with E-state index in [1.165, 1.54) is 14.2 Å². The molecule has 0 unspecified atom stereocenters. The topological polar surface area (TPSA) is 44.8 Å². The van der Waals surface area contributed by atoms with Gasteiger partial charge in [-0.1, -0.05) is 0 Å². The molecule has 11 heavy (non-hydrogen) atoms. The second kappa shape index (κ2) is 6.03. The number of ether oxygens (including phenoxy) is 1. The first kappa shape index (κ1) is 11.5. The summed E-state index contributed by atoms with van der Waals surface area (Å²) in [6, 6.07) is 0. The quantitative estimate of drug-likeness (QED) is 0.483. The van der Waals surface area contributed by atoms with Crippen LogP contribution in [0.15, 0.2) is 0 Å². The van der Waals surface area contributed by atoms with Crippen LogP contribution in [0.4, 0.5) is 0 Å². The van der Waals surface area contributed by atoms with Gasteiger partial charge in [-0.25, -0.2) is 4.57 Å². The van der Waals surface area contributed by atoms with Crippen LogP contribution in [0.2, 0.25) is 0 Å². The zero-order valence-electron chi connectivity index (χ0n) is 6.90. The van der Waals surface area contributed by atoms with Crippen molar-refractivity contribution in [1.82, 2.24) is 0 Å². The molecule has 68 valence electrons. The fraction of sp³-hybridized carbons (Fsp3) is 1.00. The molecule has 0 atom stereocenters. The third-order valence-corrected chi connectivity index (χ3v) is 4.93. The molecule has 0 radical (unpaired) electrons. The molecule has 0 rings (SSSR count). The molecule has 0 aliphatic heterocycles. The highest BCUT2D eigenvalue weighted by Crippen LogP contribution is 2.58. The summed E-state index contributed by atoms with van der Waals surface area (Å²) in [6.07, 6.45) is 0. The fourth-order valence-electron chi connectivity index (χ4n) is 0.412. The van der Waals surface area contributed by atoms with Crippen LogP contribution in [-0.4, -0.2) is 33.7 Å². The molecule has 0 heterocycles. The maximum Gasteiger partial charge on any atom is 0.388 e. The summed E-state index contributed by atoms with van der Waals surface area (Å²) in [6.45, 7) is -2.33. The first-order valence-electron chi connectivity index (χ1n) is 3.03. The molecule has 0 amide bonds. The predicted octanol–water partition coefficient (Wildman–Crippen LogP) is 1.77. The van der Waals surface area contributed by atoms with Gasteiger partial charge >= 0.3 is 6.80 Å². The van der Waals surface area contributed by atoms with Crippen molar-refractivity contribution in [3.8, 4) is 0 Å². The lowest BCUT2D eigenvalue weighted by Crippen LogP contribution is -1.93. The fourth-order valence-corrected chi connectivity index (χ4v) is 2.76. The summed E-state index contributed by atoms with van der Waals surface area (Å²) < 4.78 is 25.4. The first-order valence-corrected chi connectivity index (χ1v) is 6.17. The lowest BCUT2D eigenvalue weighted by Gasteiger charge is -2.11. The summed E-state index contributed by atoms with van der Waals surface area (Å²) in [7, 11) is 4.32. The third-order valence-electron chi connectivity index (χ3n) is 0.984. The van der Waals surface area contributed by atoms with Crippen molar-refractivity contribution in [2.75, 3.05) is 33.7 Å². The van der Waals surface area contributed by atoms with Gasteiger partial charge in [0.25, 0.3) is 0 Å². The van der Waals surface area contributed by atoms with E-state index < -0.39 is 6.80 Å². The average molecular weight is 200 g/mol. The molecule has 4 nitrogen and oxygen atoms in total. The molecule has 0 aliphatic carbocycles. The van der Waals surface area contributed by atoms with Crippen molar-refractivity contribution in [2.24, 2.45) is 0 Å². The van der Waals surface area contributed by atoms with Gasteiger partial charge in [0.05, 0.1) is 6.61 Å². The summed E-state index contributed by atoms with van der Waals surface area (Å²) in [4.78, 5) is 0. The van der Waals surface area contributed by atoms with Gasteiger partial charge in [-0.05, 0) is 11.4 Å².